The van der Waals surface area contributed by atoms with Gasteiger partial charge in [0.25, 0.3) is 5.69 Å². The third-order valence-electron chi connectivity index (χ3n) is 4.09. The van der Waals surface area contributed by atoms with Gasteiger partial charge in [-0.15, -0.1) is 0 Å². The van der Waals surface area contributed by atoms with Crippen LogP contribution < -0.4 is 0 Å². The van der Waals surface area contributed by atoms with Gasteiger partial charge in [0, 0.05) is 18.7 Å². The summed E-state index contributed by atoms with van der Waals surface area (Å²) in [6.07, 6.45) is 7.78. The molecule has 0 bridgehead atoms. The van der Waals surface area contributed by atoms with Crippen LogP contribution >= 0.6 is 15.9 Å². The number of halogens is 1. The molecule has 0 heterocycles. The zero-order chi connectivity index (χ0) is 14.5. The summed E-state index contributed by atoms with van der Waals surface area (Å²) in [7, 11) is 2.13. The molecule has 0 amide bonds. The minimum absolute atomic E-state index is 0.150. The fourth-order valence-electron chi connectivity index (χ4n) is 2.91. The maximum Gasteiger partial charge on any atom is 0.283 e. The standard InChI is InChI=1S/C15H21BrN2O2/c1-17(13-6-4-2-3-5-7-13)11-12-8-9-14(16)15(10-12)18(19)20/h8-10,13H,2-7,11H2,1H3. The minimum atomic E-state index is -0.334. The SMILES string of the molecule is CN(Cc1ccc(Br)c([N+](=O)[O-])c1)C1CCCCCC1. The molecular weight excluding hydrogens is 320 g/mol. The van der Waals surface area contributed by atoms with Gasteiger partial charge in [0.05, 0.1) is 9.40 Å². The molecule has 0 saturated heterocycles. The van der Waals surface area contributed by atoms with Gasteiger partial charge >= 0.3 is 0 Å². The predicted octanol–water partition coefficient (Wildman–Crippen LogP) is 4.51. The molecule has 0 spiro atoms. The predicted molar refractivity (Wildman–Crippen MR) is 83.8 cm³/mol. The first-order chi connectivity index (χ1) is 9.58. The van der Waals surface area contributed by atoms with Gasteiger partial charge in [-0.05, 0) is 47.4 Å². The van der Waals surface area contributed by atoms with Gasteiger partial charge in [0.1, 0.15) is 0 Å². The average molecular weight is 341 g/mol. The third kappa shape index (κ3) is 4.03. The van der Waals surface area contributed by atoms with E-state index in [9.17, 15) is 10.1 Å². The Kier molecular flexibility index (Phi) is 5.54. The second-order valence-corrected chi connectivity index (χ2v) is 6.46. The smallest absolute Gasteiger partial charge is 0.283 e. The first-order valence-corrected chi connectivity index (χ1v) is 8.00. The lowest BCUT2D eigenvalue weighted by Crippen LogP contribution is -2.30. The molecule has 110 valence electrons. The van der Waals surface area contributed by atoms with E-state index in [0.29, 0.717) is 10.5 Å². The van der Waals surface area contributed by atoms with Crippen molar-refractivity contribution in [3.63, 3.8) is 0 Å². The van der Waals surface area contributed by atoms with Crippen LogP contribution in [-0.2, 0) is 6.54 Å². The molecule has 1 aliphatic carbocycles. The van der Waals surface area contributed by atoms with Crippen LogP contribution in [0, 0.1) is 10.1 Å². The Hall–Kier alpha value is -0.940. The van der Waals surface area contributed by atoms with Crippen molar-refractivity contribution in [2.24, 2.45) is 0 Å². The van der Waals surface area contributed by atoms with Crippen LogP contribution in [0.4, 0.5) is 5.69 Å². The summed E-state index contributed by atoms with van der Waals surface area (Å²) in [5, 5.41) is 11.0. The molecule has 0 unspecified atom stereocenters. The Morgan fingerprint density at radius 3 is 2.55 bits per heavy atom. The van der Waals surface area contributed by atoms with E-state index in [1.807, 2.05) is 6.07 Å². The molecule has 1 fully saturated rings. The highest BCUT2D eigenvalue weighted by Gasteiger charge is 2.18. The zero-order valence-corrected chi connectivity index (χ0v) is 13.4. The van der Waals surface area contributed by atoms with E-state index >= 15 is 0 Å². The van der Waals surface area contributed by atoms with Crippen molar-refractivity contribution in [1.29, 1.82) is 0 Å². The lowest BCUT2D eigenvalue weighted by Gasteiger charge is -2.27. The number of nitrogens with zero attached hydrogens (tertiary/aromatic N) is 2. The maximum atomic E-state index is 11.0. The summed E-state index contributed by atoms with van der Waals surface area (Å²) in [4.78, 5) is 13.0. The largest absolute Gasteiger partial charge is 0.299 e. The summed E-state index contributed by atoms with van der Waals surface area (Å²) in [5.74, 6) is 0. The van der Waals surface area contributed by atoms with Crippen molar-refractivity contribution in [1.82, 2.24) is 4.90 Å². The summed E-state index contributed by atoms with van der Waals surface area (Å²) in [6, 6.07) is 6.02. The van der Waals surface area contributed by atoms with Crippen molar-refractivity contribution in [3.05, 3.63) is 38.3 Å². The summed E-state index contributed by atoms with van der Waals surface area (Å²) >= 11 is 3.23. The normalized spacial score (nSPS) is 17.1. The van der Waals surface area contributed by atoms with E-state index < -0.39 is 0 Å². The highest BCUT2D eigenvalue weighted by atomic mass is 79.9. The van der Waals surface area contributed by atoms with E-state index in [0.717, 1.165) is 12.1 Å². The summed E-state index contributed by atoms with van der Waals surface area (Å²) < 4.78 is 0.545. The molecule has 5 heteroatoms. The molecule has 20 heavy (non-hydrogen) atoms. The first-order valence-electron chi connectivity index (χ1n) is 7.21. The van der Waals surface area contributed by atoms with E-state index in [2.05, 4.69) is 27.9 Å². The molecule has 0 N–H and O–H groups in total. The molecule has 1 aromatic rings. The number of hydrogen-bond donors (Lipinski definition) is 0. The van der Waals surface area contributed by atoms with Gasteiger partial charge in [-0.3, -0.25) is 15.0 Å². The third-order valence-corrected chi connectivity index (χ3v) is 4.76. The van der Waals surface area contributed by atoms with E-state index in [1.165, 1.54) is 38.5 Å². The Labute approximate surface area is 128 Å². The number of benzene rings is 1. The van der Waals surface area contributed by atoms with Crippen LogP contribution in [-0.4, -0.2) is 22.9 Å². The van der Waals surface area contributed by atoms with Crippen LogP contribution in [0.2, 0.25) is 0 Å². The highest BCUT2D eigenvalue weighted by Crippen LogP contribution is 2.27. The molecule has 1 aliphatic rings. The Balaban J connectivity index is 2.05. The molecule has 4 nitrogen and oxygen atoms in total. The van der Waals surface area contributed by atoms with Crippen LogP contribution in [0.5, 0.6) is 0 Å². The molecule has 2 rings (SSSR count). The molecule has 0 radical (unpaired) electrons. The first kappa shape index (κ1) is 15.4. The number of nitro groups is 1. The van der Waals surface area contributed by atoms with Crippen LogP contribution in [0.3, 0.4) is 0 Å². The molecule has 0 aromatic heterocycles. The summed E-state index contributed by atoms with van der Waals surface area (Å²) in [6.45, 7) is 0.777. The molecule has 0 aliphatic heterocycles. The average Bonchev–Trinajstić information content (AvgIpc) is 2.69. The van der Waals surface area contributed by atoms with Gasteiger partial charge < -0.3 is 0 Å². The Morgan fingerprint density at radius 1 is 1.30 bits per heavy atom. The quantitative estimate of drug-likeness (QED) is 0.460. The lowest BCUT2D eigenvalue weighted by atomic mass is 10.1. The van der Waals surface area contributed by atoms with Crippen molar-refractivity contribution in [2.45, 2.75) is 51.1 Å². The Morgan fingerprint density at radius 2 is 1.95 bits per heavy atom. The van der Waals surface area contributed by atoms with Crippen LogP contribution in [0.1, 0.15) is 44.1 Å². The minimum Gasteiger partial charge on any atom is -0.299 e. The molecule has 1 aromatic carbocycles. The van der Waals surface area contributed by atoms with Gasteiger partial charge in [-0.2, -0.15) is 0 Å². The Bertz CT molecular complexity index is 471. The van der Waals surface area contributed by atoms with Crippen LogP contribution in [0.15, 0.2) is 22.7 Å². The topological polar surface area (TPSA) is 46.4 Å². The van der Waals surface area contributed by atoms with Gasteiger partial charge in [0.2, 0.25) is 0 Å². The zero-order valence-electron chi connectivity index (χ0n) is 11.8. The van der Waals surface area contributed by atoms with Crippen molar-refractivity contribution in [2.75, 3.05) is 7.05 Å². The van der Waals surface area contributed by atoms with Gasteiger partial charge in [0.15, 0.2) is 0 Å². The maximum absolute atomic E-state index is 11.0. The van der Waals surface area contributed by atoms with Crippen LogP contribution in [0.25, 0.3) is 0 Å². The van der Waals surface area contributed by atoms with Crippen molar-refractivity contribution < 1.29 is 4.92 Å². The van der Waals surface area contributed by atoms with E-state index in [1.54, 1.807) is 12.1 Å². The lowest BCUT2D eigenvalue weighted by molar-refractivity contribution is -0.385. The number of hydrogen-bond acceptors (Lipinski definition) is 3. The molecule has 0 atom stereocenters. The second-order valence-electron chi connectivity index (χ2n) is 5.60. The molecule has 1 saturated carbocycles. The monoisotopic (exact) mass is 340 g/mol. The number of rotatable bonds is 4. The number of nitro benzene ring substituents is 1. The van der Waals surface area contributed by atoms with Crippen molar-refractivity contribution >= 4 is 21.6 Å². The fraction of sp³-hybridized carbons (Fsp3) is 0.600. The van der Waals surface area contributed by atoms with Gasteiger partial charge in [-0.25, -0.2) is 0 Å². The summed E-state index contributed by atoms with van der Waals surface area (Å²) in [5.41, 5.74) is 1.16. The van der Waals surface area contributed by atoms with E-state index in [-0.39, 0.29) is 10.6 Å². The second kappa shape index (κ2) is 7.18. The van der Waals surface area contributed by atoms with E-state index in [4.69, 9.17) is 0 Å². The molecular formula is C15H21BrN2O2. The van der Waals surface area contributed by atoms with Crippen molar-refractivity contribution in [3.8, 4) is 0 Å². The highest BCUT2D eigenvalue weighted by molar-refractivity contribution is 9.10. The fourth-order valence-corrected chi connectivity index (χ4v) is 3.30. The van der Waals surface area contributed by atoms with Gasteiger partial charge in [-0.1, -0.05) is 31.7 Å².